The molecule has 0 aliphatic carbocycles. The molecule has 0 bridgehead atoms. The normalized spacial score (nSPS) is 19.9. The molecule has 2 aliphatic heterocycles. The van der Waals surface area contributed by atoms with Crippen LogP contribution >= 0.6 is 0 Å². The van der Waals surface area contributed by atoms with Gasteiger partial charge < -0.3 is 19.9 Å². The Kier molecular flexibility index (Phi) is 8.84. The van der Waals surface area contributed by atoms with Gasteiger partial charge in [-0.2, -0.15) is 0 Å². The van der Waals surface area contributed by atoms with Gasteiger partial charge in [-0.1, -0.05) is 0 Å². The summed E-state index contributed by atoms with van der Waals surface area (Å²) in [6.45, 7) is 13.6. The summed E-state index contributed by atoms with van der Waals surface area (Å²) in [6.07, 6.45) is 1.63. The number of aliphatic imine (C=N–C) groups is 1. The second-order valence-electron chi connectivity index (χ2n) is 7.10. The summed E-state index contributed by atoms with van der Waals surface area (Å²) in [5.41, 5.74) is 0. The first-order valence-corrected chi connectivity index (χ1v) is 10.2. The number of guanidine groups is 1. The van der Waals surface area contributed by atoms with Gasteiger partial charge in [0.15, 0.2) is 5.96 Å². The van der Waals surface area contributed by atoms with Gasteiger partial charge in [0.05, 0.1) is 19.1 Å². The molecule has 0 radical (unpaired) electrons. The SMILES string of the molecule is CCNC(=NCCN1CCN(C(C)=O)CC1)N1CCC(C(=O)OCC)CC1. The summed E-state index contributed by atoms with van der Waals surface area (Å²) in [5.74, 6) is 1.04. The van der Waals surface area contributed by atoms with Gasteiger partial charge in [0.2, 0.25) is 5.91 Å². The van der Waals surface area contributed by atoms with Gasteiger partial charge in [-0.3, -0.25) is 19.5 Å². The Balaban J connectivity index is 1.78. The van der Waals surface area contributed by atoms with Gasteiger partial charge in [0, 0.05) is 59.3 Å². The molecular weight excluding hydrogens is 346 g/mol. The van der Waals surface area contributed by atoms with E-state index in [-0.39, 0.29) is 17.8 Å². The lowest BCUT2D eigenvalue weighted by Crippen LogP contribution is -2.49. The minimum atomic E-state index is -0.0659. The molecule has 0 spiro atoms. The largest absolute Gasteiger partial charge is 0.466 e. The van der Waals surface area contributed by atoms with Gasteiger partial charge in [0.25, 0.3) is 0 Å². The Bertz CT molecular complexity index is 509. The van der Waals surface area contributed by atoms with Crippen LogP contribution in [0.25, 0.3) is 0 Å². The Morgan fingerprint density at radius 1 is 1.04 bits per heavy atom. The monoisotopic (exact) mass is 381 g/mol. The molecule has 2 heterocycles. The highest BCUT2D eigenvalue weighted by Gasteiger charge is 2.27. The van der Waals surface area contributed by atoms with Gasteiger partial charge in [0.1, 0.15) is 0 Å². The Hall–Kier alpha value is -1.83. The van der Waals surface area contributed by atoms with Crippen molar-refractivity contribution < 1.29 is 14.3 Å². The number of rotatable bonds is 6. The van der Waals surface area contributed by atoms with E-state index in [0.717, 1.165) is 77.7 Å². The molecule has 8 nitrogen and oxygen atoms in total. The average molecular weight is 382 g/mol. The zero-order chi connectivity index (χ0) is 19.6. The van der Waals surface area contributed by atoms with Crippen LogP contribution in [0, 0.1) is 5.92 Å². The summed E-state index contributed by atoms with van der Waals surface area (Å²) in [7, 11) is 0. The molecule has 0 atom stereocenters. The van der Waals surface area contributed by atoms with E-state index >= 15 is 0 Å². The van der Waals surface area contributed by atoms with Crippen LogP contribution in [0.1, 0.15) is 33.6 Å². The minimum absolute atomic E-state index is 0.0154. The van der Waals surface area contributed by atoms with Crippen molar-refractivity contribution in [3.63, 3.8) is 0 Å². The molecule has 27 heavy (non-hydrogen) atoms. The summed E-state index contributed by atoms with van der Waals surface area (Å²) in [4.78, 5) is 34.6. The molecule has 0 unspecified atom stereocenters. The summed E-state index contributed by atoms with van der Waals surface area (Å²) >= 11 is 0. The standard InChI is InChI=1S/C19H35N5O3/c1-4-20-19(24-9-6-17(7-10-24)18(26)27-5-2)21-8-11-22-12-14-23(15-13-22)16(3)25/h17H,4-15H2,1-3H3,(H,20,21). The van der Waals surface area contributed by atoms with E-state index in [9.17, 15) is 9.59 Å². The second-order valence-corrected chi connectivity index (χ2v) is 7.10. The highest BCUT2D eigenvalue weighted by atomic mass is 16.5. The van der Waals surface area contributed by atoms with Crippen molar-refractivity contribution in [3.8, 4) is 0 Å². The first-order chi connectivity index (χ1) is 13.0. The van der Waals surface area contributed by atoms with Crippen LogP contribution in [0.2, 0.25) is 0 Å². The van der Waals surface area contributed by atoms with E-state index < -0.39 is 0 Å². The fourth-order valence-electron chi connectivity index (χ4n) is 3.60. The van der Waals surface area contributed by atoms with E-state index in [2.05, 4.69) is 22.0 Å². The van der Waals surface area contributed by atoms with Crippen LogP contribution in [-0.2, 0) is 14.3 Å². The topological polar surface area (TPSA) is 77.5 Å². The number of carbonyl (C=O) groups is 2. The van der Waals surface area contributed by atoms with E-state index in [0.29, 0.717) is 6.61 Å². The van der Waals surface area contributed by atoms with Gasteiger partial charge in [-0.15, -0.1) is 0 Å². The summed E-state index contributed by atoms with van der Waals surface area (Å²) < 4.78 is 5.15. The smallest absolute Gasteiger partial charge is 0.309 e. The maximum atomic E-state index is 11.9. The number of ether oxygens (including phenoxy) is 1. The molecule has 8 heteroatoms. The Morgan fingerprint density at radius 3 is 2.26 bits per heavy atom. The fourth-order valence-corrected chi connectivity index (χ4v) is 3.60. The third-order valence-electron chi connectivity index (χ3n) is 5.24. The fraction of sp³-hybridized carbons (Fsp3) is 0.842. The number of likely N-dealkylation sites (tertiary alicyclic amines) is 1. The van der Waals surface area contributed by atoms with E-state index in [1.165, 1.54) is 0 Å². The van der Waals surface area contributed by atoms with Gasteiger partial charge in [-0.05, 0) is 26.7 Å². The molecule has 2 saturated heterocycles. The lowest BCUT2D eigenvalue weighted by molar-refractivity contribution is -0.149. The highest BCUT2D eigenvalue weighted by molar-refractivity contribution is 5.80. The number of carbonyl (C=O) groups excluding carboxylic acids is 2. The molecule has 0 aromatic carbocycles. The van der Waals surface area contributed by atoms with E-state index in [1.807, 2.05) is 11.8 Å². The molecule has 1 amide bonds. The van der Waals surface area contributed by atoms with Crippen molar-refractivity contribution in [3.05, 3.63) is 0 Å². The van der Waals surface area contributed by atoms with Gasteiger partial charge in [-0.25, -0.2) is 0 Å². The van der Waals surface area contributed by atoms with Crippen LogP contribution in [-0.4, -0.2) is 98.0 Å². The first-order valence-electron chi connectivity index (χ1n) is 10.2. The number of hydrogen-bond acceptors (Lipinski definition) is 5. The average Bonchev–Trinajstić information content (AvgIpc) is 2.68. The van der Waals surface area contributed by atoms with Crippen LogP contribution in [0.15, 0.2) is 4.99 Å². The molecule has 0 saturated carbocycles. The van der Waals surface area contributed by atoms with Crippen molar-refractivity contribution >= 4 is 17.8 Å². The van der Waals surface area contributed by atoms with E-state index in [1.54, 1.807) is 6.92 Å². The third-order valence-corrected chi connectivity index (χ3v) is 5.24. The maximum absolute atomic E-state index is 11.9. The molecule has 2 rings (SSSR count). The van der Waals surface area contributed by atoms with Crippen LogP contribution in [0.4, 0.5) is 0 Å². The lowest BCUT2D eigenvalue weighted by Gasteiger charge is -2.34. The van der Waals surface area contributed by atoms with E-state index in [4.69, 9.17) is 9.73 Å². The van der Waals surface area contributed by atoms with Crippen molar-refractivity contribution in [1.82, 2.24) is 20.0 Å². The summed E-state index contributed by atoms with van der Waals surface area (Å²) in [6, 6.07) is 0. The molecule has 2 fully saturated rings. The summed E-state index contributed by atoms with van der Waals surface area (Å²) in [5, 5.41) is 3.37. The zero-order valence-electron chi connectivity index (χ0n) is 17.1. The van der Waals surface area contributed by atoms with Crippen LogP contribution in [0.5, 0.6) is 0 Å². The van der Waals surface area contributed by atoms with Crippen molar-refractivity contribution in [2.45, 2.75) is 33.6 Å². The number of nitrogens with one attached hydrogen (secondary N) is 1. The van der Waals surface area contributed by atoms with Crippen molar-refractivity contribution in [2.75, 3.05) is 65.5 Å². The molecule has 2 aliphatic rings. The Labute approximate surface area is 162 Å². The quantitative estimate of drug-likeness (QED) is 0.407. The van der Waals surface area contributed by atoms with Crippen LogP contribution in [0.3, 0.4) is 0 Å². The molecule has 0 aromatic heterocycles. The predicted molar refractivity (Wildman–Crippen MR) is 106 cm³/mol. The number of esters is 1. The third kappa shape index (κ3) is 6.68. The van der Waals surface area contributed by atoms with Gasteiger partial charge >= 0.3 is 5.97 Å². The number of amides is 1. The number of hydrogen-bond donors (Lipinski definition) is 1. The first kappa shape index (κ1) is 21.5. The molecule has 1 N–H and O–H groups in total. The Morgan fingerprint density at radius 2 is 1.70 bits per heavy atom. The minimum Gasteiger partial charge on any atom is -0.466 e. The molecule has 0 aromatic rings. The maximum Gasteiger partial charge on any atom is 0.309 e. The van der Waals surface area contributed by atoms with Crippen molar-refractivity contribution in [1.29, 1.82) is 0 Å². The van der Waals surface area contributed by atoms with Crippen LogP contribution < -0.4 is 5.32 Å². The molecule has 154 valence electrons. The number of piperazine rings is 1. The number of nitrogens with zero attached hydrogens (tertiary/aromatic N) is 4. The number of piperidine rings is 1. The molecular formula is C19H35N5O3. The zero-order valence-corrected chi connectivity index (χ0v) is 17.1. The van der Waals surface area contributed by atoms with Crippen molar-refractivity contribution in [2.24, 2.45) is 10.9 Å². The second kappa shape index (κ2) is 11.1. The highest BCUT2D eigenvalue weighted by Crippen LogP contribution is 2.18. The lowest BCUT2D eigenvalue weighted by atomic mass is 9.97. The predicted octanol–water partition coefficient (Wildman–Crippen LogP) is 0.391.